The van der Waals surface area contributed by atoms with Crippen LogP contribution in [0.1, 0.15) is 21.6 Å². The number of fused-ring (bicyclic) bond motifs is 1. The number of carbonyl (C=O) groups is 1. The van der Waals surface area contributed by atoms with Gasteiger partial charge in [-0.2, -0.15) is 5.10 Å². The first-order chi connectivity index (χ1) is 17.7. The SMILES string of the molecule is Cc1ccc(C(=O)NCc2cc3nc(N4CCN(c5cnn(C)c5)CC4)ccc3cn2)cc1S(C)(=O)=O. The number of aromatic nitrogens is 4. The maximum atomic E-state index is 12.7. The van der Waals surface area contributed by atoms with E-state index in [1.807, 2.05) is 42.3 Å². The van der Waals surface area contributed by atoms with Gasteiger partial charge in [0.25, 0.3) is 5.91 Å². The van der Waals surface area contributed by atoms with Crippen molar-refractivity contribution in [2.24, 2.45) is 7.05 Å². The molecule has 11 heteroatoms. The van der Waals surface area contributed by atoms with E-state index in [1.165, 1.54) is 6.07 Å². The Balaban J connectivity index is 1.26. The van der Waals surface area contributed by atoms with Gasteiger partial charge in [0.1, 0.15) is 5.82 Å². The van der Waals surface area contributed by atoms with E-state index in [4.69, 9.17) is 4.98 Å². The van der Waals surface area contributed by atoms with Gasteiger partial charge in [0.05, 0.1) is 34.5 Å². The van der Waals surface area contributed by atoms with Crippen LogP contribution in [0.15, 0.2) is 59.9 Å². The molecule has 0 atom stereocenters. The van der Waals surface area contributed by atoms with Crippen molar-refractivity contribution >= 4 is 38.2 Å². The third-order valence-electron chi connectivity index (χ3n) is 6.56. The van der Waals surface area contributed by atoms with Gasteiger partial charge in [-0.05, 0) is 42.8 Å². The minimum absolute atomic E-state index is 0.155. The van der Waals surface area contributed by atoms with Crippen molar-refractivity contribution in [1.82, 2.24) is 25.1 Å². The third kappa shape index (κ3) is 5.41. The molecule has 0 saturated carbocycles. The molecule has 1 aromatic carbocycles. The highest BCUT2D eigenvalue weighted by molar-refractivity contribution is 7.90. The van der Waals surface area contributed by atoms with E-state index in [1.54, 1.807) is 25.3 Å². The van der Waals surface area contributed by atoms with Gasteiger partial charge in [0.15, 0.2) is 9.84 Å². The van der Waals surface area contributed by atoms with Crippen molar-refractivity contribution in [3.05, 3.63) is 71.8 Å². The molecule has 1 aliphatic rings. The summed E-state index contributed by atoms with van der Waals surface area (Å²) in [7, 11) is -1.50. The molecule has 3 aromatic heterocycles. The lowest BCUT2D eigenvalue weighted by Gasteiger charge is -2.36. The first-order valence-electron chi connectivity index (χ1n) is 12.0. The Bertz CT molecular complexity index is 1570. The van der Waals surface area contributed by atoms with Crippen molar-refractivity contribution in [3.63, 3.8) is 0 Å². The van der Waals surface area contributed by atoms with E-state index in [0.29, 0.717) is 11.3 Å². The van der Waals surface area contributed by atoms with E-state index in [9.17, 15) is 13.2 Å². The monoisotopic (exact) mass is 519 g/mol. The smallest absolute Gasteiger partial charge is 0.251 e. The maximum absolute atomic E-state index is 12.7. The van der Waals surface area contributed by atoms with Crippen molar-refractivity contribution < 1.29 is 13.2 Å². The number of pyridine rings is 2. The molecule has 4 heterocycles. The molecule has 0 aliphatic carbocycles. The molecule has 1 amide bonds. The fraction of sp³-hybridized carbons (Fsp3) is 0.308. The van der Waals surface area contributed by atoms with E-state index < -0.39 is 9.84 Å². The number of piperazine rings is 1. The fourth-order valence-corrected chi connectivity index (χ4v) is 5.49. The second-order valence-corrected chi connectivity index (χ2v) is 11.3. The number of benzene rings is 1. The van der Waals surface area contributed by atoms with Crippen molar-refractivity contribution in [2.45, 2.75) is 18.4 Å². The molecule has 37 heavy (non-hydrogen) atoms. The van der Waals surface area contributed by atoms with Crippen LogP contribution in [0.5, 0.6) is 0 Å². The van der Waals surface area contributed by atoms with Crippen LogP contribution in [-0.2, 0) is 23.4 Å². The summed E-state index contributed by atoms with van der Waals surface area (Å²) >= 11 is 0. The summed E-state index contributed by atoms with van der Waals surface area (Å²) in [4.78, 5) is 26.8. The summed E-state index contributed by atoms with van der Waals surface area (Å²) in [5.74, 6) is 0.549. The molecule has 10 nitrogen and oxygen atoms in total. The predicted molar refractivity (Wildman–Crippen MR) is 143 cm³/mol. The van der Waals surface area contributed by atoms with Gasteiger partial charge >= 0.3 is 0 Å². The van der Waals surface area contributed by atoms with Crippen LogP contribution >= 0.6 is 0 Å². The van der Waals surface area contributed by atoms with Gasteiger partial charge in [-0.15, -0.1) is 0 Å². The van der Waals surface area contributed by atoms with Gasteiger partial charge in [-0.1, -0.05) is 6.07 Å². The average Bonchev–Trinajstić information content (AvgIpc) is 3.32. The maximum Gasteiger partial charge on any atom is 0.251 e. The van der Waals surface area contributed by atoms with Crippen LogP contribution < -0.4 is 15.1 Å². The van der Waals surface area contributed by atoms with Crippen molar-refractivity contribution in [1.29, 1.82) is 0 Å². The molecule has 192 valence electrons. The summed E-state index contributed by atoms with van der Waals surface area (Å²) in [5, 5.41) is 8.02. The molecule has 1 fully saturated rings. The number of nitrogens with zero attached hydrogens (tertiary/aromatic N) is 6. The van der Waals surface area contributed by atoms with E-state index in [0.717, 1.165) is 54.8 Å². The highest BCUT2D eigenvalue weighted by Gasteiger charge is 2.20. The first kappa shape index (κ1) is 24.7. The topological polar surface area (TPSA) is 113 Å². The normalized spacial score (nSPS) is 14.2. The zero-order valence-electron chi connectivity index (χ0n) is 21.0. The van der Waals surface area contributed by atoms with Crippen LogP contribution in [0.2, 0.25) is 0 Å². The molecule has 0 radical (unpaired) electrons. The van der Waals surface area contributed by atoms with Crippen LogP contribution in [0.3, 0.4) is 0 Å². The number of aryl methyl sites for hydroxylation is 2. The minimum Gasteiger partial charge on any atom is -0.365 e. The second kappa shape index (κ2) is 9.81. The number of nitrogens with one attached hydrogen (secondary N) is 1. The summed E-state index contributed by atoms with van der Waals surface area (Å²) in [6.45, 7) is 5.39. The Morgan fingerprint density at radius 1 is 1.03 bits per heavy atom. The predicted octanol–water partition coefficient (Wildman–Crippen LogP) is 2.33. The summed E-state index contributed by atoms with van der Waals surface area (Å²) in [6, 6.07) is 10.6. The quantitative estimate of drug-likeness (QED) is 0.413. The highest BCUT2D eigenvalue weighted by Crippen LogP contribution is 2.22. The van der Waals surface area contributed by atoms with Crippen LogP contribution in [-0.4, -0.2) is 66.5 Å². The minimum atomic E-state index is -3.42. The fourth-order valence-electron chi connectivity index (χ4n) is 4.50. The molecule has 1 saturated heterocycles. The number of hydrogen-bond acceptors (Lipinski definition) is 8. The molecule has 0 unspecified atom stereocenters. The number of sulfone groups is 1. The summed E-state index contributed by atoms with van der Waals surface area (Å²) < 4.78 is 25.8. The summed E-state index contributed by atoms with van der Waals surface area (Å²) in [6.07, 6.45) is 6.81. The molecule has 0 bridgehead atoms. The zero-order chi connectivity index (χ0) is 26.2. The molecule has 4 aromatic rings. The number of hydrogen-bond donors (Lipinski definition) is 1. The molecule has 5 rings (SSSR count). The van der Waals surface area contributed by atoms with Gasteiger partial charge in [-0.3, -0.25) is 14.5 Å². The molecule has 0 spiro atoms. The molecule has 1 aliphatic heterocycles. The Labute approximate surface area is 215 Å². The lowest BCUT2D eigenvalue weighted by atomic mass is 10.1. The van der Waals surface area contributed by atoms with Crippen LogP contribution in [0.4, 0.5) is 11.5 Å². The number of amides is 1. The zero-order valence-corrected chi connectivity index (χ0v) is 21.9. The Kier molecular flexibility index (Phi) is 6.55. The van der Waals surface area contributed by atoms with E-state index in [2.05, 4.69) is 25.2 Å². The number of anilines is 2. The van der Waals surface area contributed by atoms with Crippen LogP contribution in [0.25, 0.3) is 10.9 Å². The van der Waals surface area contributed by atoms with E-state index >= 15 is 0 Å². The Hall–Kier alpha value is -3.99. The Morgan fingerprint density at radius 3 is 2.49 bits per heavy atom. The van der Waals surface area contributed by atoms with Crippen molar-refractivity contribution in [2.75, 3.05) is 42.2 Å². The Morgan fingerprint density at radius 2 is 1.78 bits per heavy atom. The van der Waals surface area contributed by atoms with Gasteiger partial charge in [0, 0.05) is 62.8 Å². The lowest BCUT2D eigenvalue weighted by molar-refractivity contribution is 0.0950. The van der Waals surface area contributed by atoms with Gasteiger partial charge in [-0.25, -0.2) is 13.4 Å². The average molecular weight is 520 g/mol. The molecular formula is C26H29N7O3S. The van der Waals surface area contributed by atoms with E-state index in [-0.39, 0.29) is 22.9 Å². The lowest BCUT2D eigenvalue weighted by Crippen LogP contribution is -2.46. The standard InChI is InChI=1S/C26H29N7O3S/c1-18-4-5-19(12-24(18)37(3,35)36)26(34)28-15-21-13-23-20(14-27-21)6-7-25(30-23)33-10-8-32(9-11-33)22-16-29-31(2)17-22/h4-7,12-14,16-17H,8-11,15H2,1-3H3,(H,28,34). The molecular weight excluding hydrogens is 490 g/mol. The largest absolute Gasteiger partial charge is 0.365 e. The van der Waals surface area contributed by atoms with Crippen molar-refractivity contribution in [3.8, 4) is 0 Å². The highest BCUT2D eigenvalue weighted by atomic mass is 32.2. The third-order valence-corrected chi connectivity index (χ3v) is 7.79. The first-order valence-corrected chi connectivity index (χ1v) is 13.9. The number of rotatable bonds is 6. The summed E-state index contributed by atoms with van der Waals surface area (Å²) in [5.41, 5.74) is 3.50. The van der Waals surface area contributed by atoms with Gasteiger partial charge in [0.2, 0.25) is 0 Å². The number of carbonyl (C=O) groups excluding carboxylic acids is 1. The van der Waals surface area contributed by atoms with Crippen LogP contribution in [0, 0.1) is 6.92 Å². The second-order valence-electron chi connectivity index (χ2n) is 9.32. The van der Waals surface area contributed by atoms with Gasteiger partial charge < -0.3 is 15.1 Å². The molecule has 1 N–H and O–H groups in total.